The minimum Gasteiger partial charge on any atom is -0.460 e. The van der Waals surface area contributed by atoms with E-state index in [0.29, 0.717) is 19.4 Å². The highest BCUT2D eigenvalue weighted by atomic mass is 16.5. The van der Waals surface area contributed by atoms with Crippen molar-refractivity contribution in [2.45, 2.75) is 71.6 Å². The van der Waals surface area contributed by atoms with Crippen molar-refractivity contribution in [3.05, 3.63) is 53.8 Å². The van der Waals surface area contributed by atoms with Gasteiger partial charge in [-0.1, -0.05) is 50.6 Å². The first kappa shape index (κ1) is 29.0. The quantitative estimate of drug-likeness (QED) is 0.531. The number of rotatable bonds is 1. The molecule has 3 heterocycles. The fraction of sp³-hybridized carbons (Fsp3) is 0.536. The monoisotopic (exact) mass is 527 g/mol. The Bertz CT molecular complexity index is 1120. The molecule has 10 heteroatoms. The maximum absolute atomic E-state index is 13.2. The second-order valence-electron chi connectivity index (χ2n) is 10.2. The molecule has 3 rings (SSSR count). The Morgan fingerprint density at radius 2 is 1.95 bits per heavy atom. The molecule has 1 fully saturated rings. The number of fused-ring (bicyclic) bond motifs is 3. The first-order valence-electron chi connectivity index (χ1n) is 13.0. The van der Waals surface area contributed by atoms with Crippen LogP contribution in [0.1, 0.15) is 63.3 Å². The largest absolute Gasteiger partial charge is 0.460 e. The van der Waals surface area contributed by atoms with Gasteiger partial charge in [0.2, 0.25) is 11.8 Å². The van der Waals surface area contributed by atoms with Gasteiger partial charge in [0.05, 0.1) is 12.5 Å². The Kier molecular flexibility index (Phi) is 10.2. The van der Waals surface area contributed by atoms with E-state index >= 15 is 0 Å². The number of Topliss-reactive ketones (excluding diaryl/α,β-unsaturated/α-hetero) is 1. The molecule has 1 saturated heterocycles. The number of oxazole rings is 1. The fourth-order valence-electron chi connectivity index (χ4n) is 4.66. The molecular formula is C28H37N3O7. The van der Waals surface area contributed by atoms with Crippen LogP contribution in [-0.2, 0) is 25.5 Å². The smallest absolute Gasteiger partial charge is 0.329 e. The number of allylic oxidation sites excluding steroid dienone is 2. The lowest BCUT2D eigenvalue weighted by molar-refractivity contribution is -0.158. The van der Waals surface area contributed by atoms with Crippen LogP contribution in [0.4, 0.5) is 0 Å². The maximum atomic E-state index is 13.2. The molecule has 2 aliphatic heterocycles. The fourth-order valence-corrected chi connectivity index (χ4v) is 4.66. The highest BCUT2D eigenvalue weighted by molar-refractivity contribution is 5.95. The molecule has 0 radical (unpaired) electrons. The summed E-state index contributed by atoms with van der Waals surface area (Å²) < 4.78 is 11.2. The topological polar surface area (TPSA) is 139 Å². The Balaban J connectivity index is 1.85. The molecule has 4 atom stereocenters. The lowest BCUT2D eigenvalue weighted by Gasteiger charge is -2.29. The van der Waals surface area contributed by atoms with E-state index in [1.165, 1.54) is 17.2 Å². The van der Waals surface area contributed by atoms with Crippen LogP contribution in [0.2, 0.25) is 0 Å². The number of aliphatic hydroxyl groups is 1. The lowest BCUT2D eigenvalue weighted by atomic mass is 9.94. The van der Waals surface area contributed by atoms with Crippen molar-refractivity contribution in [1.82, 2.24) is 15.2 Å². The van der Waals surface area contributed by atoms with Gasteiger partial charge in [-0.2, -0.15) is 0 Å². The molecule has 1 aromatic heterocycles. The number of hydrogen-bond donors (Lipinski definition) is 2. The van der Waals surface area contributed by atoms with E-state index in [4.69, 9.17) is 9.15 Å². The molecule has 0 aromatic carbocycles. The van der Waals surface area contributed by atoms with Gasteiger partial charge in [0.1, 0.15) is 24.2 Å². The molecule has 2 aliphatic rings. The van der Waals surface area contributed by atoms with Gasteiger partial charge >= 0.3 is 5.97 Å². The van der Waals surface area contributed by atoms with Crippen LogP contribution in [0, 0.1) is 11.8 Å². The van der Waals surface area contributed by atoms with E-state index in [1.807, 2.05) is 20.8 Å². The van der Waals surface area contributed by atoms with E-state index in [2.05, 4.69) is 10.3 Å². The molecule has 1 aromatic rings. The molecular weight excluding hydrogens is 490 g/mol. The van der Waals surface area contributed by atoms with Gasteiger partial charge in [0.25, 0.3) is 5.91 Å². The average Bonchev–Trinajstić information content (AvgIpc) is 3.52. The molecule has 0 aliphatic carbocycles. The van der Waals surface area contributed by atoms with Crippen molar-refractivity contribution in [2.75, 3.05) is 13.1 Å². The van der Waals surface area contributed by atoms with Gasteiger partial charge in [-0.25, -0.2) is 9.78 Å². The molecule has 0 spiro atoms. The number of nitrogens with zero attached hydrogens (tertiary/aromatic N) is 2. The summed E-state index contributed by atoms with van der Waals surface area (Å²) in [6.45, 7) is 8.16. The van der Waals surface area contributed by atoms with Gasteiger partial charge < -0.3 is 24.5 Å². The number of ether oxygens (including phenoxy) is 1. The number of cyclic esters (lactones) is 1. The van der Waals surface area contributed by atoms with Gasteiger partial charge in [0, 0.05) is 25.4 Å². The van der Waals surface area contributed by atoms with Gasteiger partial charge in [-0.3, -0.25) is 14.4 Å². The third-order valence-electron chi connectivity index (χ3n) is 6.55. The predicted molar refractivity (Wildman–Crippen MR) is 139 cm³/mol. The van der Waals surface area contributed by atoms with Crippen molar-refractivity contribution in [2.24, 2.45) is 11.8 Å². The van der Waals surface area contributed by atoms with Gasteiger partial charge in [-0.05, 0) is 31.8 Å². The summed E-state index contributed by atoms with van der Waals surface area (Å²) in [5.41, 5.74) is 0.739. The van der Waals surface area contributed by atoms with Crippen LogP contribution in [0.25, 0.3) is 0 Å². The van der Waals surface area contributed by atoms with E-state index in [1.54, 1.807) is 31.2 Å². The predicted octanol–water partition coefficient (Wildman–Crippen LogP) is 2.53. The van der Waals surface area contributed by atoms with Crippen LogP contribution < -0.4 is 5.32 Å². The van der Waals surface area contributed by atoms with E-state index < -0.39 is 30.1 Å². The van der Waals surface area contributed by atoms with Crippen LogP contribution >= 0.6 is 0 Å². The SMILES string of the molecule is CC1=C[C@@H](O)CC(=O)Cc2nc(co2)C(=O)N2CCC[C@@H]2C(=O)OC(C(C)C)C(C)/C=C/C(=O)NCC=C1. The third-order valence-corrected chi connectivity index (χ3v) is 6.55. The van der Waals surface area contributed by atoms with Gasteiger partial charge in [0.15, 0.2) is 5.69 Å². The van der Waals surface area contributed by atoms with Crippen molar-refractivity contribution in [3.63, 3.8) is 0 Å². The second-order valence-corrected chi connectivity index (χ2v) is 10.2. The van der Waals surface area contributed by atoms with Crippen LogP contribution in [-0.4, -0.2) is 69.9 Å². The first-order valence-corrected chi connectivity index (χ1v) is 13.0. The van der Waals surface area contributed by atoms with E-state index in [-0.39, 0.29) is 54.5 Å². The van der Waals surface area contributed by atoms with Crippen LogP contribution in [0.15, 0.2) is 46.6 Å². The highest BCUT2D eigenvalue weighted by Crippen LogP contribution is 2.25. The molecule has 0 saturated carbocycles. The summed E-state index contributed by atoms with van der Waals surface area (Å²) in [6, 6.07) is -0.761. The lowest BCUT2D eigenvalue weighted by Crippen LogP contribution is -2.44. The van der Waals surface area contributed by atoms with E-state index in [0.717, 1.165) is 5.57 Å². The minimum absolute atomic E-state index is 0.00930. The van der Waals surface area contributed by atoms with Crippen molar-refractivity contribution in [3.8, 4) is 0 Å². The summed E-state index contributed by atoms with van der Waals surface area (Å²) in [5.74, 6) is -1.76. The summed E-state index contributed by atoms with van der Waals surface area (Å²) in [4.78, 5) is 56.6. The number of aromatic nitrogens is 1. The Morgan fingerprint density at radius 1 is 1.18 bits per heavy atom. The first-order chi connectivity index (χ1) is 18.0. The number of amides is 2. The Labute approximate surface area is 222 Å². The number of esters is 1. The molecule has 2 unspecified atom stereocenters. The second kappa shape index (κ2) is 13.3. The molecule has 38 heavy (non-hydrogen) atoms. The number of carbonyl (C=O) groups is 4. The summed E-state index contributed by atoms with van der Waals surface area (Å²) in [5, 5.41) is 13.0. The Hall–Kier alpha value is -3.53. The van der Waals surface area contributed by atoms with Crippen molar-refractivity contribution < 1.29 is 33.4 Å². The molecule has 10 nitrogen and oxygen atoms in total. The van der Waals surface area contributed by atoms with Crippen LogP contribution in [0.3, 0.4) is 0 Å². The summed E-state index contributed by atoms with van der Waals surface area (Å²) >= 11 is 0. The van der Waals surface area contributed by atoms with Crippen LogP contribution in [0.5, 0.6) is 0 Å². The summed E-state index contributed by atoms with van der Waals surface area (Å²) in [7, 11) is 0. The number of nitrogens with one attached hydrogen (secondary N) is 1. The third kappa shape index (κ3) is 7.98. The van der Waals surface area contributed by atoms with Crippen molar-refractivity contribution >= 4 is 23.6 Å². The average molecular weight is 528 g/mol. The normalized spacial score (nSPS) is 27.5. The molecule has 2 N–H and O–H groups in total. The van der Waals surface area contributed by atoms with Gasteiger partial charge in [-0.15, -0.1) is 0 Å². The summed E-state index contributed by atoms with van der Waals surface area (Å²) in [6.07, 6.45) is 8.62. The zero-order chi connectivity index (χ0) is 27.8. The molecule has 2 bridgehead atoms. The minimum atomic E-state index is -1.01. The van der Waals surface area contributed by atoms with Crippen molar-refractivity contribution in [1.29, 1.82) is 0 Å². The number of carbonyl (C=O) groups excluding carboxylic acids is 4. The standard InChI is InChI=1S/C28H37N3O7/c1-17(2)26-19(4)9-10-24(34)29-11-5-7-18(3)13-20(32)14-21(33)15-25-30-22(16-37-25)27(35)31-12-6-8-23(31)28(36)38-26/h5,7,9-10,13,16-17,19-20,23,26,32H,6,8,11-12,14-15H2,1-4H3,(H,29,34)/b7-5?,10-9+,18-13?/t19?,20-,23-,26?/m1/s1. The number of aliphatic hydroxyl groups excluding tert-OH is 1. The number of ketones is 1. The highest BCUT2D eigenvalue weighted by Gasteiger charge is 2.38. The zero-order valence-corrected chi connectivity index (χ0v) is 22.4. The molecule has 206 valence electrons. The molecule has 2 amide bonds. The maximum Gasteiger partial charge on any atom is 0.329 e. The Morgan fingerprint density at radius 3 is 2.68 bits per heavy atom. The number of hydrogen-bond acceptors (Lipinski definition) is 8. The zero-order valence-electron chi connectivity index (χ0n) is 22.4. The van der Waals surface area contributed by atoms with E-state index in [9.17, 15) is 24.3 Å².